The lowest BCUT2D eigenvalue weighted by atomic mass is 9.81. The van der Waals surface area contributed by atoms with E-state index < -0.39 is 17.9 Å². The van der Waals surface area contributed by atoms with Crippen LogP contribution in [0.3, 0.4) is 0 Å². The molecule has 1 heterocycles. The standard InChI is InChI=1S/C30H26N4O5/c1-18-9-11-20(12-10-18)28(35)33-21-13-15-22(16-14-21)34-26(30(37)39-3)25(29(36)38-2)24(23(17-31)27(34)32)19-7-5-4-6-8-19/h4-16,24H,32H2,1-3H3,(H,33,35). The number of benzene rings is 3. The molecule has 0 bridgehead atoms. The van der Waals surface area contributed by atoms with E-state index in [0.717, 1.165) is 5.56 Å². The molecular formula is C30H26N4O5. The highest BCUT2D eigenvalue weighted by Crippen LogP contribution is 2.43. The summed E-state index contributed by atoms with van der Waals surface area (Å²) < 4.78 is 10.1. The molecule has 3 N–H and O–H groups in total. The van der Waals surface area contributed by atoms with Gasteiger partial charge < -0.3 is 20.5 Å². The van der Waals surface area contributed by atoms with Gasteiger partial charge in [-0.1, -0.05) is 48.0 Å². The summed E-state index contributed by atoms with van der Waals surface area (Å²) in [4.78, 5) is 40.2. The fraction of sp³-hybridized carbons (Fsp3) is 0.133. The Morgan fingerprint density at radius 1 is 0.897 bits per heavy atom. The monoisotopic (exact) mass is 522 g/mol. The normalized spacial score (nSPS) is 14.9. The summed E-state index contributed by atoms with van der Waals surface area (Å²) in [5, 5.41) is 12.9. The van der Waals surface area contributed by atoms with Gasteiger partial charge in [0.25, 0.3) is 5.91 Å². The van der Waals surface area contributed by atoms with Gasteiger partial charge in [-0.05, 0) is 48.9 Å². The Labute approximate surface area is 225 Å². The van der Waals surface area contributed by atoms with Crippen LogP contribution in [0.15, 0.2) is 102 Å². The van der Waals surface area contributed by atoms with Gasteiger partial charge in [0.2, 0.25) is 0 Å². The maximum absolute atomic E-state index is 13.1. The van der Waals surface area contributed by atoms with Gasteiger partial charge in [-0.25, -0.2) is 9.59 Å². The summed E-state index contributed by atoms with van der Waals surface area (Å²) in [6, 6.07) is 24.5. The number of methoxy groups -OCH3 is 2. The molecule has 0 aliphatic carbocycles. The number of aryl methyl sites for hydroxylation is 1. The molecule has 1 atom stereocenters. The molecule has 3 aromatic rings. The number of carbonyl (C=O) groups is 3. The molecule has 3 aromatic carbocycles. The third-order valence-electron chi connectivity index (χ3n) is 6.31. The fourth-order valence-electron chi connectivity index (χ4n) is 4.38. The van der Waals surface area contributed by atoms with Crippen LogP contribution in [0.5, 0.6) is 0 Å². The summed E-state index contributed by atoms with van der Waals surface area (Å²) in [5.74, 6) is -2.94. The maximum Gasteiger partial charge on any atom is 0.355 e. The van der Waals surface area contributed by atoms with Crippen LogP contribution in [0.2, 0.25) is 0 Å². The zero-order chi connectivity index (χ0) is 28.1. The lowest BCUT2D eigenvalue weighted by molar-refractivity contribution is -0.139. The van der Waals surface area contributed by atoms with Gasteiger partial charge in [-0.3, -0.25) is 9.69 Å². The van der Waals surface area contributed by atoms with Crippen molar-refractivity contribution >= 4 is 29.2 Å². The first-order valence-electron chi connectivity index (χ1n) is 11.9. The fourth-order valence-corrected chi connectivity index (χ4v) is 4.38. The summed E-state index contributed by atoms with van der Waals surface area (Å²) >= 11 is 0. The van der Waals surface area contributed by atoms with Crippen molar-refractivity contribution < 1.29 is 23.9 Å². The van der Waals surface area contributed by atoms with Crippen molar-refractivity contribution in [1.29, 1.82) is 5.26 Å². The number of nitrogens with one attached hydrogen (secondary N) is 1. The summed E-state index contributed by atoms with van der Waals surface area (Å²) in [6.45, 7) is 1.93. The van der Waals surface area contributed by atoms with Crippen LogP contribution in [0.1, 0.15) is 27.4 Å². The van der Waals surface area contributed by atoms with E-state index >= 15 is 0 Å². The van der Waals surface area contributed by atoms with Gasteiger partial charge in [0.05, 0.1) is 37.4 Å². The first-order valence-corrected chi connectivity index (χ1v) is 11.9. The molecule has 1 unspecified atom stereocenters. The third-order valence-corrected chi connectivity index (χ3v) is 6.31. The molecule has 0 spiro atoms. The van der Waals surface area contributed by atoms with Gasteiger partial charge in [-0.15, -0.1) is 0 Å². The molecule has 9 heteroatoms. The number of hydrogen-bond donors (Lipinski definition) is 2. The van der Waals surface area contributed by atoms with Crippen molar-refractivity contribution in [3.8, 4) is 6.07 Å². The average Bonchev–Trinajstić information content (AvgIpc) is 2.97. The number of anilines is 2. The summed E-state index contributed by atoms with van der Waals surface area (Å²) in [7, 11) is 2.37. The van der Waals surface area contributed by atoms with Gasteiger partial charge >= 0.3 is 11.9 Å². The molecule has 1 aliphatic heterocycles. The molecule has 9 nitrogen and oxygen atoms in total. The molecule has 4 rings (SSSR count). The van der Waals surface area contributed by atoms with Crippen molar-refractivity contribution in [2.75, 3.05) is 24.4 Å². The second-order valence-electron chi connectivity index (χ2n) is 8.70. The molecule has 0 fully saturated rings. The number of nitrogens with zero attached hydrogens (tertiary/aromatic N) is 2. The van der Waals surface area contributed by atoms with Crippen molar-refractivity contribution in [3.63, 3.8) is 0 Å². The molecule has 0 aromatic heterocycles. The highest BCUT2D eigenvalue weighted by molar-refractivity contribution is 6.07. The number of ether oxygens (including phenoxy) is 2. The molecule has 196 valence electrons. The lowest BCUT2D eigenvalue weighted by Gasteiger charge is -2.35. The van der Waals surface area contributed by atoms with Gasteiger partial charge in [0.15, 0.2) is 0 Å². The predicted molar refractivity (Wildman–Crippen MR) is 145 cm³/mol. The van der Waals surface area contributed by atoms with E-state index in [1.54, 1.807) is 66.7 Å². The number of esters is 2. The number of nitriles is 1. The number of rotatable bonds is 6. The Morgan fingerprint density at radius 2 is 1.51 bits per heavy atom. The average molecular weight is 523 g/mol. The van der Waals surface area contributed by atoms with E-state index in [0.29, 0.717) is 22.5 Å². The molecule has 39 heavy (non-hydrogen) atoms. The SMILES string of the molecule is COC(=O)C1=C(C(=O)OC)N(c2ccc(NC(=O)c3ccc(C)cc3)cc2)C(N)=C(C#N)C1c1ccccc1. The molecule has 0 saturated carbocycles. The van der Waals surface area contributed by atoms with Crippen molar-refractivity contribution in [3.05, 3.63) is 118 Å². The quantitative estimate of drug-likeness (QED) is 0.461. The first kappa shape index (κ1) is 26.7. The maximum atomic E-state index is 13.1. The Balaban J connectivity index is 1.81. The van der Waals surface area contributed by atoms with Gasteiger partial charge in [-0.2, -0.15) is 5.26 Å². The number of carbonyl (C=O) groups excluding carboxylic acids is 3. The van der Waals surface area contributed by atoms with Crippen molar-refractivity contribution in [2.24, 2.45) is 5.73 Å². The van der Waals surface area contributed by atoms with E-state index in [9.17, 15) is 19.6 Å². The Hall–Kier alpha value is -5.36. The molecule has 0 radical (unpaired) electrons. The summed E-state index contributed by atoms with van der Waals surface area (Å²) in [5.41, 5.74) is 9.27. The predicted octanol–water partition coefficient (Wildman–Crippen LogP) is 4.15. The van der Waals surface area contributed by atoms with E-state index in [-0.39, 0.29) is 28.6 Å². The van der Waals surface area contributed by atoms with Crippen molar-refractivity contribution in [2.45, 2.75) is 12.8 Å². The Bertz CT molecular complexity index is 1520. The summed E-state index contributed by atoms with van der Waals surface area (Å²) in [6.07, 6.45) is 0. The van der Waals surface area contributed by atoms with Crippen LogP contribution < -0.4 is 16.0 Å². The topological polar surface area (TPSA) is 135 Å². The highest BCUT2D eigenvalue weighted by Gasteiger charge is 2.42. The van der Waals surface area contributed by atoms with E-state index in [2.05, 4.69) is 11.4 Å². The Kier molecular flexibility index (Phi) is 7.77. The number of allylic oxidation sites excluding steroid dienone is 1. The van der Waals surface area contributed by atoms with E-state index in [4.69, 9.17) is 15.2 Å². The zero-order valence-corrected chi connectivity index (χ0v) is 21.6. The highest BCUT2D eigenvalue weighted by atomic mass is 16.5. The van der Waals surface area contributed by atoms with Gasteiger partial charge in [0.1, 0.15) is 11.5 Å². The minimum atomic E-state index is -0.956. The lowest BCUT2D eigenvalue weighted by Crippen LogP contribution is -2.40. The van der Waals surface area contributed by atoms with Crippen molar-refractivity contribution in [1.82, 2.24) is 0 Å². The number of amides is 1. The van der Waals surface area contributed by atoms with Crippen LogP contribution in [-0.2, 0) is 19.1 Å². The van der Waals surface area contributed by atoms with Crippen LogP contribution in [0.4, 0.5) is 11.4 Å². The molecular weight excluding hydrogens is 496 g/mol. The second-order valence-corrected chi connectivity index (χ2v) is 8.70. The van der Waals surface area contributed by atoms with Crippen LogP contribution in [0.25, 0.3) is 0 Å². The first-order chi connectivity index (χ1) is 18.8. The Morgan fingerprint density at radius 3 is 2.08 bits per heavy atom. The molecule has 1 aliphatic rings. The molecule has 1 amide bonds. The minimum Gasteiger partial charge on any atom is -0.466 e. The van der Waals surface area contributed by atoms with E-state index in [1.807, 2.05) is 19.1 Å². The van der Waals surface area contributed by atoms with Crippen LogP contribution in [-0.4, -0.2) is 32.1 Å². The minimum absolute atomic E-state index is 0.0455. The third kappa shape index (κ3) is 5.22. The zero-order valence-electron chi connectivity index (χ0n) is 21.6. The largest absolute Gasteiger partial charge is 0.466 e. The molecule has 0 saturated heterocycles. The number of hydrogen-bond acceptors (Lipinski definition) is 8. The van der Waals surface area contributed by atoms with Crippen LogP contribution >= 0.6 is 0 Å². The van der Waals surface area contributed by atoms with Gasteiger partial charge in [0, 0.05) is 16.9 Å². The van der Waals surface area contributed by atoms with Crippen LogP contribution in [0, 0.1) is 18.3 Å². The van der Waals surface area contributed by atoms with E-state index in [1.165, 1.54) is 19.1 Å². The number of nitrogens with two attached hydrogens (primary N) is 1. The second kappa shape index (κ2) is 11.4. The smallest absolute Gasteiger partial charge is 0.355 e.